The maximum atomic E-state index is 11.6. The van der Waals surface area contributed by atoms with Crippen LogP contribution in [0.25, 0.3) is 11.0 Å². The van der Waals surface area contributed by atoms with Gasteiger partial charge in [0, 0.05) is 20.0 Å². The van der Waals surface area contributed by atoms with Crippen molar-refractivity contribution in [2.45, 2.75) is 5.88 Å². The third-order valence-electron chi connectivity index (χ3n) is 2.49. The molecule has 0 fully saturated rings. The van der Waals surface area contributed by atoms with Crippen LogP contribution in [0.5, 0.6) is 0 Å². The lowest BCUT2D eigenvalue weighted by atomic mass is 10.2. The molecule has 0 bridgehead atoms. The zero-order chi connectivity index (χ0) is 10.3. The summed E-state index contributed by atoms with van der Waals surface area (Å²) in [6, 6.07) is 5.81. The summed E-state index contributed by atoms with van der Waals surface area (Å²) < 4.78 is 3.26. The Morgan fingerprint density at radius 1 is 1.21 bits per heavy atom. The fraction of sp³-hybridized carbons (Fsp3) is 0.300. The third-order valence-corrected chi connectivity index (χ3v) is 2.80. The zero-order valence-electron chi connectivity index (χ0n) is 8.12. The van der Waals surface area contributed by atoms with Gasteiger partial charge in [-0.05, 0) is 17.7 Å². The van der Waals surface area contributed by atoms with Gasteiger partial charge in [0.15, 0.2) is 0 Å². The molecular weight excluding hydrogens is 200 g/mol. The molecule has 0 spiro atoms. The molecule has 1 heterocycles. The van der Waals surface area contributed by atoms with E-state index in [-0.39, 0.29) is 5.69 Å². The van der Waals surface area contributed by atoms with Crippen LogP contribution in [-0.4, -0.2) is 9.13 Å². The minimum atomic E-state index is -0.00766. The first-order valence-corrected chi connectivity index (χ1v) is 4.89. The van der Waals surface area contributed by atoms with Crippen LogP contribution in [0.15, 0.2) is 23.0 Å². The van der Waals surface area contributed by atoms with Crippen LogP contribution in [0, 0.1) is 0 Å². The van der Waals surface area contributed by atoms with Crippen LogP contribution >= 0.6 is 11.6 Å². The molecule has 1 aromatic heterocycles. The molecule has 74 valence electrons. The molecule has 2 aromatic rings. The van der Waals surface area contributed by atoms with E-state index in [1.807, 2.05) is 18.2 Å². The van der Waals surface area contributed by atoms with E-state index in [1.165, 1.54) is 0 Å². The van der Waals surface area contributed by atoms with Crippen molar-refractivity contribution in [1.82, 2.24) is 9.13 Å². The van der Waals surface area contributed by atoms with E-state index < -0.39 is 0 Å². The highest BCUT2D eigenvalue weighted by atomic mass is 35.5. The summed E-state index contributed by atoms with van der Waals surface area (Å²) in [4.78, 5) is 11.6. The maximum Gasteiger partial charge on any atom is 0.328 e. The largest absolute Gasteiger partial charge is 0.328 e. The number of hydrogen-bond acceptors (Lipinski definition) is 1. The Kier molecular flexibility index (Phi) is 2.11. The summed E-state index contributed by atoms with van der Waals surface area (Å²) in [7, 11) is 3.54. The van der Waals surface area contributed by atoms with Crippen molar-refractivity contribution in [2.75, 3.05) is 0 Å². The minimum Gasteiger partial charge on any atom is -0.295 e. The second-order valence-corrected chi connectivity index (χ2v) is 3.62. The van der Waals surface area contributed by atoms with Crippen LogP contribution < -0.4 is 5.69 Å². The van der Waals surface area contributed by atoms with E-state index in [0.29, 0.717) is 5.88 Å². The smallest absolute Gasteiger partial charge is 0.295 e. The van der Waals surface area contributed by atoms with Crippen molar-refractivity contribution in [2.24, 2.45) is 14.1 Å². The van der Waals surface area contributed by atoms with Crippen LogP contribution in [0.1, 0.15) is 5.56 Å². The van der Waals surface area contributed by atoms with Gasteiger partial charge in [-0.25, -0.2) is 4.79 Å². The number of rotatable bonds is 1. The van der Waals surface area contributed by atoms with Gasteiger partial charge in [0.1, 0.15) is 0 Å². The van der Waals surface area contributed by atoms with Crippen molar-refractivity contribution in [1.29, 1.82) is 0 Å². The highest BCUT2D eigenvalue weighted by Gasteiger charge is 2.07. The predicted octanol–water partition coefficient (Wildman–Crippen LogP) is 1.62. The molecule has 1 aromatic carbocycles. The number of nitrogens with zero attached hydrogens (tertiary/aromatic N) is 2. The molecular formula is C10H11ClN2O. The molecule has 3 nitrogen and oxygen atoms in total. The average Bonchev–Trinajstić information content (AvgIpc) is 2.44. The van der Waals surface area contributed by atoms with Gasteiger partial charge >= 0.3 is 5.69 Å². The molecule has 4 heteroatoms. The van der Waals surface area contributed by atoms with E-state index in [2.05, 4.69) is 0 Å². The van der Waals surface area contributed by atoms with E-state index in [4.69, 9.17) is 11.6 Å². The Balaban J connectivity index is 2.89. The quantitative estimate of drug-likeness (QED) is 0.657. The number of hydrogen-bond donors (Lipinski definition) is 0. The topological polar surface area (TPSA) is 26.9 Å². The van der Waals surface area contributed by atoms with E-state index in [0.717, 1.165) is 16.6 Å². The number of aryl methyl sites for hydroxylation is 2. The first kappa shape index (κ1) is 9.34. The Morgan fingerprint density at radius 3 is 2.50 bits per heavy atom. The average molecular weight is 211 g/mol. The molecule has 0 N–H and O–H groups in total. The van der Waals surface area contributed by atoms with Crippen LogP contribution in [0.2, 0.25) is 0 Å². The van der Waals surface area contributed by atoms with Crippen LogP contribution in [0.4, 0.5) is 0 Å². The lowest BCUT2D eigenvalue weighted by Crippen LogP contribution is -2.19. The summed E-state index contributed by atoms with van der Waals surface area (Å²) >= 11 is 5.73. The third kappa shape index (κ3) is 1.16. The molecule has 2 rings (SSSR count). The minimum absolute atomic E-state index is 0.00766. The van der Waals surface area contributed by atoms with Gasteiger partial charge in [0.2, 0.25) is 0 Å². The predicted molar refractivity (Wildman–Crippen MR) is 57.7 cm³/mol. The molecule has 0 aliphatic heterocycles. The first-order chi connectivity index (χ1) is 6.65. The Hall–Kier alpha value is -1.22. The van der Waals surface area contributed by atoms with Crippen molar-refractivity contribution in [3.8, 4) is 0 Å². The molecule has 0 radical (unpaired) electrons. The highest BCUT2D eigenvalue weighted by Crippen LogP contribution is 2.14. The monoisotopic (exact) mass is 210 g/mol. The van der Waals surface area contributed by atoms with E-state index in [1.54, 1.807) is 23.2 Å². The van der Waals surface area contributed by atoms with Crippen molar-refractivity contribution >= 4 is 22.6 Å². The zero-order valence-corrected chi connectivity index (χ0v) is 8.88. The molecule has 14 heavy (non-hydrogen) atoms. The summed E-state index contributed by atoms with van der Waals surface area (Å²) in [6.07, 6.45) is 0. The second kappa shape index (κ2) is 3.17. The molecule has 0 aliphatic carbocycles. The van der Waals surface area contributed by atoms with Crippen molar-refractivity contribution < 1.29 is 0 Å². The van der Waals surface area contributed by atoms with Gasteiger partial charge in [0.05, 0.1) is 11.0 Å². The summed E-state index contributed by atoms with van der Waals surface area (Å²) in [5.41, 5.74) is 2.88. The Labute approximate surface area is 86.5 Å². The maximum absolute atomic E-state index is 11.6. The normalized spacial score (nSPS) is 11.1. The van der Waals surface area contributed by atoms with Gasteiger partial charge in [-0.1, -0.05) is 6.07 Å². The van der Waals surface area contributed by atoms with Crippen molar-refractivity contribution in [3.05, 3.63) is 34.2 Å². The van der Waals surface area contributed by atoms with Gasteiger partial charge in [-0.3, -0.25) is 9.13 Å². The van der Waals surface area contributed by atoms with Gasteiger partial charge < -0.3 is 0 Å². The molecule has 0 saturated carbocycles. The van der Waals surface area contributed by atoms with E-state index >= 15 is 0 Å². The molecule has 0 unspecified atom stereocenters. The number of imidazole rings is 1. The Bertz CT molecular complexity index is 539. The van der Waals surface area contributed by atoms with Gasteiger partial charge in [-0.2, -0.15) is 0 Å². The molecule has 0 saturated heterocycles. The number of benzene rings is 1. The number of aromatic nitrogens is 2. The van der Waals surface area contributed by atoms with Gasteiger partial charge in [-0.15, -0.1) is 11.6 Å². The van der Waals surface area contributed by atoms with Gasteiger partial charge in [0.25, 0.3) is 0 Å². The highest BCUT2D eigenvalue weighted by molar-refractivity contribution is 6.17. The SMILES string of the molecule is Cn1c(=O)n(C)c2cc(CCl)ccc21. The summed E-state index contributed by atoms with van der Waals surface area (Å²) in [6.45, 7) is 0. The van der Waals surface area contributed by atoms with E-state index in [9.17, 15) is 4.79 Å². The van der Waals surface area contributed by atoms with Crippen LogP contribution in [0.3, 0.4) is 0 Å². The number of halogens is 1. The fourth-order valence-corrected chi connectivity index (χ4v) is 1.80. The standard InChI is InChI=1S/C10H11ClN2O/c1-12-8-4-3-7(6-11)5-9(8)13(2)10(12)14/h3-5H,6H2,1-2H3. The summed E-state index contributed by atoms with van der Waals surface area (Å²) in [5.74, 6) is 0.471. The number of fused-ring (bicyclic) bond motifs is 1. The lowest BCUT2D eigenvalue weighted by molar-refractivity contribution is 0.795. The first-order valence-electron chi connectivity index (χ1n) is 4.35. The summed E-state index contributed by atoms with van der Waals surface area (Å²) in [5, 5.41) is 0. The second-order valence-electron chi connectivity index (χ2n) is 3.36. The molecule has 0 aliphatic rings. The van der Waals surface area contributed by atoms with Crippen LogP contribution in [-0.2, 0) is 20.0 Å². The number of alkyl halides is 1. The molecule has 0 amide bonds. The fourth-order valence-electron chi connectivity index (χ4n) is 1.64. The molecule has 0 atom stereocenters. The van der Waals surface area contributed by atoms with Crippen molar-refractivity contribution in [3.63, 3.8) is 0 Å². The lowest BCUT2D eigenvalue weighted by Gasteiger charge is -1.97. The Morgan fingerprint density at radius 2 is 1.86 bits per heavy atom.